The molecule has 5 nitrogen and oxygen atoms in total. The average Bonchev–Trinajstić information content (AvgIpc) is 2.35. The van der Waals surface area contributed by atoms with Crippen molar-refractivity contribution in [1.29, 1.82) is 0 Å². The number of halogens is 3. The van der Waals surface area contributed by atoms with E-state index in [0.717, 1.165) is 25.4 Å². The van der Waals surface area contributed by atoms with Crippen LogP contribution in [0, 0.1) is 0 Å². The molecule has 0 bridgehead atoms. The number of aliphatic hydroxyl groups is 2. The van der Waals surface area contributed by atoms with Crippen LogP contribution in [0.2, 0.25) is 0 Å². The number of carbonyl (C=O) groups is 1. The maximum atomic E-state index is 12.6. The van der Waals surface area contributed by atoms with Crippen molar-refractivity contribution in [1.82, 2.24) is 4.98 Å². The van der Waals surface area contributed by atoms with Crippen LogP contribution in [-0.2, 0) is 15.7 Å². The van der Waals surface area contributed by atoms with E-state index in [0.29, 0.717) is 0 Å². The zero-order chi connectivity index (χ0) is 13.9. The van der Waals surface area contributed by atoms with Gasteiger partial charge in [-0.1, -0.05) is 6.07 Å². The Hall–Kier alpha value is -1.67. The Kier molecular flexibility index (Phi) is 4.25. The minimum Gasteiger partial charge on any atom is -0.467 e. The van der Waals surface area contributed by atoms with Crippen LogP contribution in [-0.4, -0.2) is 34.4 Å². The van der Waals surface area contributed by atoms with E-state index in [9.17, 15) is 28.2 Å². The molecule has 2 unspecified atom stereocenters. The molecule has 1 heterocycles. The molecule has 2 N–H and O–H groups in total. The maximum Gasteiger partial charge on any atom is 0.433 e. The van der Waals surface area contributed by atoms with Crippen LogP contribution < -0.4 is 0 Å². The van der Waals surface area contributed by atoms with Crippen molar-refractivity contribution in [2.75, 3.05) is 7.11 Å². The smallest absolute Gasteiger partial charge is 0.433 e. The van der Waals surface area contributed by atoms with Gasteiger partial charge in [-0.2, -0.15) is 13.2 Å². The van der Waals surface area contributed by atoms with Gasteiger partial charge in [0, 0.05) is 11.8 Å². The third kappa shape index (κ3) is 2.96. The number of alkyl halides is 3. The summed E-state index contributed by atoms with van der Waals surface area (Å²) in [6.07, 6.45) is -8.08. The van der Waals surface area contributed by atoms with Crippen molar-refractivity contribution in [2.24, 2.45) is 0 Å². The summed E-state index contributed by atoms with van der Waals surface area (Å²) in [4.78, 5) is 14.0. The second-order valence-electron chi connectivity index (χ2n) is 3.35. The summed E-state index contributed by atoms with van der Waals surface area (Å²) in [5.41, 5.74) is -2.05. The fourth-order valence-electron chi connectivity index (χ4n) is 1.31. The summed E-state index contributed by atoms with van der Waals surface area (Å²) >= 11 is 0. The molecule has 0 amide bonds. The molecule has 8 heteroatoms. The molecule has 0 radical (unpaired) electrons. The topological polar surface area (TPSA) is 79.7 Å². The highest BCUT2D eigenvalue weighted by Crippen LogP contribution is 2.33. The van der Waals surface area contributed by atoms with Gasteiger partial charge in [-0.25, -0.2) is 4.79 Å². The van der Waals surface area contributed by atoms with E-state index in [1.54, 1.807) is 0 Å². The summed E-state index contributed by atoms with van der Waals surface area (Å²) in [7, 11) is 0.937. The first-order chi connectivity index (χ1) is 8.29. The van der Waals surface area contributed by atoms with Crippen LogP contribution in [0.5, 0.6) is 0 Å². The lowest BCUT2D eigenvalue weighted by Gasteiger charge is -2.19. The number of pyridine rings is 1. The van der Waals surface area contributed by atoms with Crippen molar-refractivity contribution in [3.63, 3.8) is 0 Å². The van der Waals surface area contributed by atoms with Crippen LogP contribution in [0.3, 0.4) is 0 Å². The van der Waals surface area contributed by atoms with E-state index in [1.165, 1.54) is 0 Å². The summed E-state index contributed by atoms with van der Waals surface area (Å²) in [5.74, 6) is -1.24. The van der Waals surface area contributed by atoms with Crippen molar-refractivity contribution < 1.29 is 32.9 Å². The van der Waals surface area contributed by atoms with Crippen LogP contribution in [0.1, 0.15) is 17.4 Å². The van der Waals surface area contributed by atoms with Gasteiger partial charge in [-0.05, 0) is 6.07 Å². The third-order valence-electron chi connectivity index (χ3n) is 2.17. The van der Waals surface area contributed by atoms with Gasteiger partial charge in [0.25, 0.3) is 0 Å². The molecule has 1 aromatic heterocycles. The van der Waals surface area contributed by atoms with Crippen LogP contribution >= 0.6 is 0 Å². The number of hydrogen-bond acceptors (Lipinski definition) is 5. The van der Waals surface area contributed by atoms with Gasteiger partial charge in [0.2, 0.25) is 0 Å². The van der Waals surface area contributed by atoms with Crippen molar-refractivity contribution in [3.05, 3.63) is 29.6 Å². The molecule has 0 saturated carbocycles. The fourth-order valence-corrected chi connectivity index (χ4v) is 1.31. The number of methoxy groups -OCH3 is 1. The van der Waals surface area contributed by atoms with Gasteiger partial charge in [0.15, 0.2) is 6.10 Å². The van der Waals surface area contributed by atoms with Crippen molar-refractivity contribution in [2.45, 2.75) is 18.4 Å². The van der Waals surface area contributed by atoms with Crippen molar-refractivity contribution in [3.8, 4) is 0 Å². The maximum absolute atomic E-state index is 12.6. The molecule has 0 spiro atoms. The number of ether oxygens (including phenoxy) is 1. The number of hydrogen-bond donors (Lipinski definition) is 2. The third-order valence-corrected chi connectivity index (χ3v) is 2.17. The molecule has 1 aromatic rings. The molecule has 2 atom stereocenters. The molecule has 0 aliphatic heterocycles. The number of carbonyl (C=O) groups excluding carboxylic acids is 1. The highest BCUT2D eigenvalue weighted by atomic mass is 19.4. The predicted octanol–water partition coefficient (Wildman–Crippen LogP) is 0.668. The first-order valence-electron chi connectivity index (χ1n) is 4.75. The largest absolute Gasteiger partial charge is 0.467 e. The number of nitrogens with zero attached hydrogens (tertiary/aromatic N) is 1. The molecule has 0 aliphatic rings. The number of esters is 1. The minimum absolute atomic E-state index is 0.692. The molecule has 0 aliphatic carbocycles. The SMILES string of the molecule is COC(=O)C(O)C(O)c1cccnc1C(F)(F)F. The lowest BCUT2D eigenvalue weighted by atomic mass is 10.0. The second kappa shape index (κ2) is 5.32. The molecular weight excluding hydrogens is 255 g/mol. The molecule has 0 aromatic carbocycles. The predicted molar refractivity (Wildman–Crippen MR) is 52.2 cm³/mol. The Morgan fingerprint density at radius 2 is 2.06 bits per heavy atom. The summed E-state index contributed by atoms with van der Waals surface area (Å²) in [6.45, 7) is 0. The van der Waals surface area contributed by atoms with Crippen LogP contribution in [0.15, 0.2) is 18.3 Å². The fraction of sp³-hybridized carbons (Fsp3) is 0.400. The van der Waals surface area contributed by atoms with E-state index in [1.807, 2.05) is 0 Å². The van der Waals surface area contributed by atoms with E-state index >= 15 is 0 Å². The Morgan fingerprint density at radius 3 is 2.56 bits per heavy atom. The van der Waals surface area contributed by atoms with E-state index in [4.69, 9.17) is 0 Å². The van der Waals surface area contributed by atoms with E-state index in [2.05, 4.69) is 9.72 Å². The van der Waals surface area contributed by atoms with Gasteiger partial charge < -0.3 is 14.9 Å². The monoisotopic (exact) mass is 265 g/mol. The minimum atomic E-state index is -4.80. The number of aliphatic hydroxyl groups excluding tert-OH is 2. The highest BCUT2D eigenvalue weighted by molar-refractivity contribution is 5.75. The standard InChI is InChI=1S/C10H10F3NO4/c1-18-9(17)7(16)6(15)5-3-2-4-14-8(5)10(11,12)13/h2-4,6-7,15-16H,1H3. The lowest BCUT2D eigenvalue weighted by Crippen LogP contribution is -2.30. The Labute approximate surface area is 99.8 Å². The quantitative estimate of drug-likeness (QED) is 0.785. The van der Waals surface area contributed by atoms with Gasteiger partial charge in [0.1, 0.15) is 11.8 Å². The lowest BCUT2D eigenvalue weighted by molar-refractivity contribution is -0.159. The number of aromatic nitrogens is 1. The van der Waals surface area contributed by atoms with Gasteiger partial charge >= 0.3 is 12.1 Å². The van der Waals surface area contributed by atoms with Crippen LogP contribution in [0.25, 0.3) is 0 Å². The first-order valence-corrected chi connectivity index (χ1v) is 4.75. The van der Waals surface area contributed by atoms with Crippen LogP contribution in [0.4, 0.5) is 13.2 Å². The van der Waals surface area contributed by atoms with Gasteiger partial charge in [-0.15, -0.1) is 0 Å². The molecule has 1 rings (SSSR count). The van der Waals surface area contributed by atoms with Gasteiger partial charge in [-0.3, -0.25) is 4.98 Å². The average molecular weight is 265 g/mol. The molecular formula is C10H10F3NO4. The van der Waals surface area contributed by atoms with Gasteiger partial charge in [0.05, 0.1) is 7.11 Å². The van der Waals surface area contributed by atoms with Crippen molar-refractivity contribution >= 4 is 5.97 Å². The summed E-state index contributed by atoms with van der Waals surface area (Å²) in [6, 6.07) is 2.07. The Balaban J connectivity index is 3.14. The molecule has 18 heavy (non-hydrogen) atoms. The number of rotatable bonds is 3. The van der Waals surface area contributed by atoms with E-state index < -0.39 is 35.6 Å². The zero-order valence-corrected chi connectivity index (χ0v) is 9.18. The Bertz CT molecular complexity index is 435. The summed E-state index contributed by atoms with van der Waals surface area (Å²) in [5, 5.41) is 18.9. The summed E-state index contributed by atoms with van der Waals surface area (Å²) < 4.78 is 41.9. The van der Waals surface area contributed by atoms with E-state index in [-0.39, 0.29) is 0 Å². The highest BCUT2D eigenvalue weighted by Gasteiger charge is 2.39. The first kappa shape index (κ1) is 14.4. The Morgan fingerprint density at radius 1 is 1.44 bits per heavy atom. The zero-order valence-electron chi connectivity index (χ0n) is 9.18. The second-order valence-corrected chi connectivity index (χ2v) is 3.35. The molecule has 0 fully saturated rings. The normalized spacial score (nSPS) is 15.0. The molecule has 100 valence electrons. The molecule has 0 saturated heterocycles.